The van der Waals surface area contributed by atoms with Crippen molar-refractivity contribution in [1.29, 1.82) is 0 Å². The molecule has 0 unspecified atom stereocenters. The first kappa shape index (κ1) is 37.0. The predicted octanol–water partition coefficient (Wildman–Crippen LogP) is 7.32. The van der Waals surface area contributed by atoms with Gasteiger partial charge in [-0.3, -0.25) is 13.9 Å². The van der Waals surface area contributed by atoms with Crippen molar-refractivity contribution >= 4 is 55.2 Å². The van der Waals surface area contributed by atoms with Gasteiger partial charge in [-0.15, -0.1) is 11.8 Å². The van der Waals surface area contributed by atoms with Crippen molar-refractivity contribution in [2.45, 2.75) is 62.0 Å². The SMILES string of the molecule is CCOc1ccc(N(CC(=O)N(Cc2cccc(Br)c2)[C@H](Cc2ccccc2)C(=O)N[C@@H](C)CC)S(=O)(=O)c2ccc(SC)cc2)cc1. The number of thioether (sulfide) groups is 1. The number of hydrogen-bond acceptors (Lipinski definition) is 6. The lowest BCUT2D eigenvalue weighted by Crippen LogP contribution is -2.54. The summed E-state index contributed by atoms with van der Waals surface area (Å²) in [5.74, 6) is -0.247. The van der Waals surface area contributed by atoms with Gasteiger partial charge in [0.2, 0.25) is 11.8 Å². The van der Waals surface area contributed by atoms with E-state index >= 15 is 0 Å². The number of ether oxygens (including phenoxy) is 1. The molecule has 2 amide bonds. The third-order valence-corrected chi connectivity index (χ3v) is 10.9. The van der Waals surface area contributed by atoms with E-state index in [-0.39, 0.29) is 29.8 Å². The molecule has 0 spiro atoms. The maximum Gasteiger partial charge on any atom is 0.264 e. The van der Waals surface area contributed by atoms with Crippen LogP contribution in [0.4, 0.5) is 5.69 Å². The van der Waals surface area contributed by atoms with Crippen LogP contribution in [-0.2, 0) is 32.6 Å². The van der Waals surface area contributed by atoms with Crippen molar-refractivity contribution < 1.29 is 22.7 Å². The van der Waals surface area contributed by atoms with Crippen molar-refractivity contribution in [2.75, 3.05) is 23.7 Å². The van der Waals surface area contributed by atoms with Crippen LogP contribution in [0.3, 0.4) is 0 Å². The molecule has 4 aromatic rings. The standard InChI is InChI=1S/C37H42BrN3O5S2/c1-5-27(3)39-37(43)35(24-28-11-8-7-9-12-28)40(25-29-13-10-14-30(38)23-29)36(42)26-41(31-15-17-32(18-16-31)46-6-2)48(44,45)34-21-19-33(47-4)20-22-34/h7-23,27,35H,5-6,24-26H2,1-4H3,(H,39,43)/t27-,35+/m0/s1. The second-order valence-corrected chi connectivity index (χ2v) is 14.9. The average molecular weight is 753 g/mol. The molecular weight excluding hydrogens is 710 g/mol. The normalized spacial score (nSPS) is 12.5. The quantitative estimate of drug-likeness (QED) is 0.121. The zero-order chi connectivity index (χ0) is 34.7. The molecule has 11 heteroatoms. The Morgan fingerprint density at radius 2 is 1.56 bits per heavy atom. The zero-order valence-electron chi connectivity index (χ0n) is 27.6. The Hall–Kier alpha value is -3.80. The van der Waals surface area contributed by atoms with Crippen LogP contribution in [0.1, 0.15) is 38.3 Å². The van der Waals surface area contributed by atoms with Gasteiger partial charge in [0.05, 0.1) is 17.2 Å². The highest BCUT2D eigenvalue weighted by Crippen LogP contribution is 2.28. The van der Waals surface area contributed by atoms with Gasteiger partial charge in [-0.05, 0) is 98.3 Å². The van der Waals surface area contributed by atoms with Crippen LogP contribution in [-0.4, -0.2) is 56.6 Å². The molecule has 0 radical (unpaired) electrons. The summed E-state index contributed by atoms with van der Waals surface area (Å²) in [7, 11) is -4.21. The Morgan fingerprint density at radius 1 is 0.896 bits per heavy atom. The van der Waals surface area contributed by atoms with E-state index in [2.05, 4.69) is 21.2 Å². The summed E-state index contributed by atoms with van der Waals surface area (Å²) in [5, 5.41) is 3.06. The Bertz CT molecular complexity index is 1750. The van der Waals surface area contributed by atoms with E-state index in [9.17, 15) is 18.0 Å². The molecule has 4 aromatic carbocycles. The Morgan fingerprint density at radius 3 is 2.17 bits per heavy atom. The molecule has 0 fully saturated rings. The van der Waals surface area contributed by atoms with Gasteiger partial charge in [-0.25, -0.2) is 8.42 Å². The molecule has 4 rings (SSSR count). The molecule has 0 saturated carbocycles. The van der Waals surface area contributed by atoms with E-state index in [4.69, 9.17) is 4.74 Å². The number of anilines is 1. The number of nitrogens with one attached hydrogen (secondary N) is 1. The summed E-state index contributed by atoms with van der Waals surface area (Å²) in [4.78, 5) is 31.1. The van der Waals surface area contributed by atoms with Crippen LogP contribution in [0.15, 0.2) is 117 Å². The van der Waals surface area contributed by atoms with Gasteiger partial charge in [0, 0.05) is 28.4 Å². The van der Waals surface area contributed by atoms with Crippen molar-refractivity contribution in [3.05, 3.63) is 119 Å². The number of carbonyl (C=O) groups excluding carboxylic acids is 2. The predicted molar refractivity (Wildman–Crippen MR) is 197 cm³/mol. The third-order valence-electron chi connectivity index (χ3n) is 7.88. The first-order chi connectivity index (χ1) is 23.0. The minimum Gasteiger partial charge on any atom is -0.494 e. The number of hydrogen-bond donors (Lipinski definition) is 1. The van der Waals surface area contributed by atoms with E-state index in [1.807, 2.05) is 81.6 Å². The van der Waals surface area contributed by atoms with Gasteiger partial charge in [0.25, 0.3) is 10.0 Å². The Balaban J connectivity index is 1.81. The number of halogens is 1. The van der Waals surface area contributed by atoms with Gasteiger partial charge < -0.3 is 15.0 Å². The van der Waals surface area contributed by atoms with Crippen LogP contribution in [0, 0.1) is 0 Å². The average Bonchev–Trinajstić information content (AvgIpc) is 3.09. The topological polar surface area (TPSA) is 96.0 Å². The van der Waals surface area contributed by atoms with E-state index < -0.39 is 28.5 Å². The van der Waals surface area contributed by atoms with Crippen LogP contribution in [0.2, 0.25) is 0 Å². The largest absolute Gasteiger partial charge is 0.494 e. The molecule has 254 valence electrons. The van der Waals surface area contributed by atoms with Gasteiger partial charge in [0.1, 0.15) is 18.3 Å². The van der Waals surface area contributed by atoms with Crippen molar-refractivity contribution in [1.82, 2.24) is 10.2 Å². The third kappa shape index (κ3) is 9.87. The minimum atomic E-state index is -4.21. The lowest BCUT2D eigenvalue weighted by atomic mass is 10.0. The highest BCUT2D eigenvalue weighted by atomic mass is 79.9. The van der Waals surface area contributed by atoms with Gasteiger partial charge in [-0.2, -0.15) is 0 Å². The summed E-state index contributed by atoms with van der Waals surface area (Å²) >= 11 is 5.02. The molecule has 0 heterocycles. The molecule has 8 nitrogen and oxygen atoms in total. The lowest BCUT2D eigenvalue weighted by molar-refractivity contribution is -0.140. The van der Waals surface area contributed by atoms with Crippen molar-refractivity contribution in [3.63, 3.8) is 0 Å². The van der Waals surface area contributed by atoms with Gasteiger partial charge in [0.15, 0.2) is 0 Å². The second kappa shape index (κ2) is 17.6. The molecule has 0 aromatic heterocycles. The molecule has 1 N–H and O–H groups in total. The van der Waals surface area contributed by atoms with Gasteiger partial charge >= 0.3 is 0 Å². The maximum atomic E-state index is 14.7. The summed E-state index contributed by atoms with van der Waals surface area (Å²) in [5.41, 5.74) is 1.96. The molecule has 0 saturated heterocycles. The second-order valence-electron chi connectivity index (χ2n) is 11.3. The Labute approximate surface area is 297 Å². The molecular formula is C37H42BrN3O5S2. The van der Waals surface area contributed by atoms with E-state index in [0.29, 0.717) is 24.5 Å². The van der Waals surface area contributed by atoms with Crippen LogP contribution < -0.4 is 14.4 Å². The number of nitrogens with zero attached hydrogens (tertiary/aromatic N) is 2. The first-order valence-electron chi connectivity index (χ1n) is 15.8. The fourth-order valence-electron chi connectivity index (χ4n) is 5.11. The van der Waals surface area contributed by atoms with E-state index in [0.717, 1.165) is 24.8 Å². The monoisotopic (exact) mass is 751 g/mol. The molecule has 0 aliphatic rings. The molecule has 0 aliphatic carbocycles. The molecule has 0 aliphatic heterocycles. The van der Waals surface area contributed by atoms with E-state index in [1.54, 1.807) is 48.5 Å². The summed E-state index contributed by atoms with van der Waals surface area (Å²) < 4.78 is 36.2. The molecule has 48 heavy (non-hydrogen) atoms. The lowest BCUT2D eigenvalue weighted by Gasteiger charge is -2.34. The smallest absolute Gasteiger partial charge is 0.264 e. The fraction of sp³-hybridized carbons (Fsp3) is 0.297. The number of amides is 2. The molecule has 0 bridgehead atoms. The number of sulfonamides is 1. The highest BCUT2D eigenvalue weighted by molar-refractivity contribution is 9.10. The first-order valence-corrected chi connectivity index (χ1v) is 19.3. The number of carbonyl (C=O) groups is 2. The number of rotatable bonds is 16. The van der Waals surface area contributed by atoms with Crippen LogP contribution in [0.25, 0.3) is 0 Å². The van der Waals surface area contributed by atoms with Crippen molar-refractivity contribution in [3.8, 4) is 5.75 Å². The van der Waals surface area contributed by atoms with Crippen LogP contribution >= 0.6 is 27.7 Å². The summed E-state index contributed by atoms with van der Waals surface area (Å²) in [6.45, 7) is 5.77. The molecule has 2 atom stereocenters. The van der Waals surface area contributed by atoms with Crippen LogP contribution in [0.5, 0.6) is 5.75 Å². The maximum absolute atomic E-state index is 14.7. The minimum absolute atomic E-state index is 0.0517. The van der Waals surface area contributed by atoms with E-state index in [1.165, 1.54) is 16.7 Å². The van der Waals surface area contributed by atoms with Gasteiger partial charge in [-0.1, -0.05) is 65.3 Å². The fourth-order valence-corrected chi connectivity index (χ4v) is 7.38. The zero-order valence-corrected chi connectivity index (χ0v) is 30.9. The van der Waals surface area contributed by atoms with Crippen molar-refractivity contribution in [2.24, 2.45) is 0 Å². The Kier molecular flexibility index (Phi) is 13.5. The number of benzene rings is 4. The summed E-state index contributed by atoms with van der Waals surface area (Å²) in [6.07, 6.45) is 2.87. The highest BCUT2D eigenvalue weighted by Gasteiger charge is 2.35. The summed E-state index contributed by atoms with van der Waals surface area (Å²) in [6, 6.07) is 29.2.